The van der Waals surface area contributed by atoms with E-state index in [2.05, 4.69) is 36.9 Å². The van der Waals surface area contributed by atoms with Crippen LogP contribution in [0.5, 0.6) is 5.75 Å². The largest absolute Gasteiger partial charge is 0.497 e. The number of para-hydroxylation sites is 1. The predicted molar refractivity (Wildman–Crippen MR) is 153 cm³/mol. The minimum Gasteiger partial charge on any atom is -0.497 e. The molecule has 0 radical (unpaired) electrons. The van der Waals surface area contributed by atoms with E-state index in [0.29, 0.717) is 13.0 Å². The van der Waals surface area contributed by atoms with Gasteiger partial charge in [-0.3, -0.25) is 4.79 Å². The van der Waals surface area contributed by atoms with Crippen molar-refractivity contribution in [2.75, 3.05) is 12.0 Å². The van der Waals surface area contributed by atoms with E-state index in [1.165, 1.54) is 0 Å². The van der Waals surface area contributed by atoms with Gasteiger partial charge in [-0.25, -0.2) is 0 Å². The molecule has 0 spiro atoms. The van der Waals surface area contributed by atoms with Crippen LogP contribution in [-0.2, 0) is 17.8 Å². The number of benzene rings is 4. The number of carbonyl (C=O) groups excluding carboxylic acids is 1. The second-order valence-corrected chi connectivity index (χ2v) is 10.7. The lowest BCUT2D eigenvalue weighted by atomic mass is 10.1. The number of allylic oxidation sites excluding steroid dienone is 1. The van der Waals surface area contributed by atoms with Gasteiger partial charge in [-0.2, -0.15) is 0 Å². The van der Waals surface area contributed by atoms with Crippen LogP contribution in [0.4, 0.5) is 5.69 Å². The van der Waals surface area contributed by atoms with Crippen molar-refractivity contribution in [3.05, 3.63) is 133 Å². The quantitative estimate of drug-likeness (QED) is 0.116. The standard InChI is InChI=1S/C31H29NO2S2/c1-3-12-25-13-10-11-18-29(25)32(23-24-19-21-26(34-2)22-20-24)30(33)31(35-27-14-6-4-7-15-27)36-28-16-8-5-9-17-28/h3-11,13-22,31H,1,12,23H2,2H3. The topological polar surface area (TPSA) is 29.5 Å². The first kappa shape index (κ1) is 25.7. The average Bonchev–Trinajstić information content (AvgIpc) is 2.93. The average molecular weight is 512 g/mol. The molecule has 0 fully saturated rings. The Morgan fingerprint density at radius 2 is 1.39 bits per heavy atom. The van der Waals surface area contributed by atoms with Gasteiger partial charge in [0.1, 0.15) is 10.3 Å². The molecule has 0 aliphatic heterocycles. The number of carbonyl (C=O) groups is 1. The zero-order valence-electron chi connectivity index (χ0n) is 20.2. The monoisotopic (exact) mass is 511 g/mol. The highest BCUT2D eigenvalue weighted by Gasteiger charge is 2.29. The fourth-order valence-corrected chi connectivity index (χ4v) is 6.23. The number of anilines is 1. The molecular weight excluding hydrogens is 482 g/mol. The van der Waals surface area contributed by atoms with Crippen LogP contribution in [0.3, 0.4) is 0 Å². The summed E-state index contributed by atoms with van der Waals surface area (Å²) in [5.41, 5.74) is 3.01. The van der Waals surface area contributed by atoms with E-state index in [1.54, 1.807) is 30.6 Å². The highest BCUT2D eigenvalue weighted by atomic mass is 32.2. The summed E-state index contributed by atoms with van der Waals surface area (Å²) in [7, 11) is 1.66. The smallest absolute Gasteiger partial charge is 0.251 e. The van der Waals surface area contributed by atoms with Crippen LogP contribution in [0.25, 0.3) is 0 Å². The van der Waals surface area contributed by atoms with Crippen LogP contribution in [0.1, 0.15) is 11.1 Å². The van der Waals surface area contributed by atoms with Crippen molar-refractivity contribution in [2.24, 2.45) is 0 Å². The van der Waals surface area contributed by atoms with E-state index < -0.39 is 0 Å². The maximum Gasteiger partial charge on any atom is 0.251 e. The van der Waals surface area contributed by atoms with Gasteiger partial charge in [0, 0.05) is 15.5 Å². The second kappa shape index (κ2) is 13.1. The third-order valence-electron chi connectivity index (χ3n) is 5.59. The van der Waals surface area contributed by atoms with Crippen molar-refractivity contribution in [1.29, 1.82) is 0 Å². The molecule has 4 aromatic rings. The van der Waals surface area contributed by atoms with E-state index in [4.69, 9.17) is 4.74 Å². The summed E-state index contributed by atoms with van der Waals surface area (Å²) in [5.74, 6) is 0.839. The molecule has 5 heteroatoms. The van der Waals surface area contributed by atoms with E-state index in [9.17, 15) is 4.79 Å². The summed E-state index contributed by atoms with van der Waals surface area (Å²) in [6.45, 7) is 4.38. The number of methoxy groups -OCH3 is 1. The van der Waals surface area contributed by atoms with Crippen molar-refractivity contribution in [3.63, 3.8) is 0 Å². The molecular formula is C31H29NO2S2. The molecule has 3 nitrogen and oxygen atoms in total. The van der Waals surface area contributed by atoms with Crippen molar-refractivity contribution < 1.29 is 9.53 Å². The lowest BCUT2D eigenvalue weighted by Crippen LogP contribution is -2.36. The van der Waals surface area contributed by atoms with Crippen LogP contribution in [0.15, 0.2) is 132 Å². The molecule has 0 aromatic heterocycles. The number of hydrogen-bond donors (Lipinski definition) is 0. The summed E-state index contributed by atoms with van der Waals surface area (Å²) in [4.78, 5) is 18.4. The maximum absolute atomic E-state index is 14.4. The molecule has 0 N–H and O–H groups in total. The molecule has 182 valence electrons. The molecule has 0 unspecified atom stereocenters. The minimum absolute atomic E-state index is 0.0463. The van der Waals surface area contributed by atoms with Gasteiger partial charge in [0.05, 0.1) is 13.7 Å². The summed E-state index contributed by atoms with van der Waals surface area (Å²) in [6, 6.07) is 36.2. The van der Waals surface area contributed by atoms with Crippen molar-refractivity contribution >= 4 is 35.1 Å². The van der Waals surface area contributed by atoms with Crippen molar-refractivity contribution in [2.45, 2.75) is 27.3 Å². The van der Waals surface area contributed by atoms with Crippen molar-refractivity contribution in [1.82, 2.24) is 0 Å². The first-order valence-corrected chi connectivity index (χ1v) is 13.5. The Morgan fingerprint density at radius 1 is 0.833 bits per heavy atom. The van der Waals surface area contributed by atoms with Gasteiger partial charge >= 0.3 is 0 Å². The summed E-state index contributed by atoms with van der Waals surface area (Å²) < 4.78 is 4.96. The SMILES string of the molecule is C=CCc1ccccc1N(Cc1ccc(OC)cc1)C(=O)C(Sc1ccccc1)Sc1ccccc1. The Labute approximate surface area is 222 Å². The predicted octanol–water partition coefficient (Wildman–Crippen LogP) is 7.87. The molecule has 0 saturated carbocycles. The first-order chi connectivity index (χ1) is 17.7. The van der Waals surface area contributed by atoms with Gasteiger partial charge in [0.15, 0.2) is 0 Å². The number of nitrogens with zero attached hydrogens (tertiary/aromatic N) is 1. The summed E-state index contributed by atoms with van der Waals surface area (Å²) >= 11 is 3.16. The minimum atomic E-state index is -0.371. The molecule has 0 aliphatic rings. The zero-order chi connectivity index (χ0) is 25.2. The lowest BCUT2D eigenvalue weighted by Gasteiger charge is -2.29. The summed E-state index contributed by atoms with van der Waals surface area (Å²) in [5, 5.41) is 0. The maximum atomic E-state index is 14.4. The highest BCUT2D eigenvalue weighted by molar-refractivity contribution is 8.18. The molecule has 0 aliphatic carbocycles. The molecule has 36 heavy (non-hydrogen) atoms. The van der Waals surface area contributed by atoms with Crippen LogP contribution in [-0.4, -0.2) is 17.6 Å². The van der Waals surface area contributed by atoms with Crippen LogP contribution >= 0.6 is 23.5 Å². The molecule has 0 bridgehead atoms. The van der Waals surface area contributed by atoms with Crippen LogP contribution in [0.2, 0.25) is 0 Å². The molecule has 0 saturated heterocycles. The van der Waals surface area contributed by atoms with Crippen LogP contribution < -0.4 is 9.64 Å². The van der Waals surface area contributed by atoms with E-state index >= 15 is 0 Å². The van der Waals surface area contributed by atoms with E-state index in [-0.39, 0.29) is 10.5 Å². The van der Waals surface area contributed by atoms with Gasteiger partial charge in [0.25, 0.3) is 5.91 Å². The summed E-state index contributed by atoms with van der Waals surface area (Å²) in [6.07, 6.45) is 2.56. The van der Waals surface area contributed by atoms with Gasteiger partial charge in [-0.15, -0.1) is 30.1 Å². The normalized spacial score (nSPS) is 10.7. The third-order valence-corrected chi connectivity index (χ3v) is 8.08. The zero-order valence-corrected chi connectivity index (χ0v) is 21.9. The molecule has 4 rings (SSSR count). The number of hydrogen-bond acceptors (Lipinski definition) is 4. The molecule has 4 aromatic carbocycles. The molecule has 0 heterocycles. The Bertz CT molecular complexity index is 1220. The number of rotatable bonds is 11. The van der Waals surface area contributed by atoms with Crippen LogP contribution in [0, 0.1) is 0 Å². The first-order valence-electron chi connectivity index (χ1n) is 11.7. The van der Waals surface area contributed by atoms with E-state index in [1.807, 2.05) is 89.8 Å². The third kappa shape index (κ3) is 6.84. The number of thioether (sulfide) groups is 2. The fraction of sp³-hybridized carbons (Fsp3) is 0.129. The molecule has 0 atom stereocenters. The Kier molecular flexibility index (Phi) is 9.31. The van der Waals surface area contributed by atoms with Gasteiger partial charge in [-0.1, -0.05) is 72.8 Å². The molecule has 1 amide bonds. The Hall–Kier alpha value is -3.41. The van der Waals surface area contributed by atoms with Gasteiger partial charge in [0.2, 0.25) is 0 Å². The highest BCUT2D eigenvalue weighted by Crippen LogP contribution is 2.38. The fourth-order valence-electron chi connectivity index (χ4n) is 3.80. The van der Waals surface area contributed by atoms with Gasteiger partial charge in [-0.05, 0) is 60.0 Å². The van der Waals surface area contributed by atoms with Crippen molar-refractivity contribution in [3.8, 4) is 5.75 Å². The number of amides is 1. The second-order valence-electron chi connectivity index (χ2n) is 8.09. The Morgan fingerprint density at radius 3 is 1.94 bits per heavy atom. The van der Waals surface area contributed by atoms with E-state index in [0.717, 1.165) is 32.4 Å². The Balaban J connectivity index is 1.73. The lowest BCUT2D eigenvalue weighted by molar-refractivity contribution is -0.116. The van der Waals surface area contributed by atoms with Gasteiger partial charge < -0.3 is 9.64 Å². The number of ether oxygens (including phenoxy) is 1.